The highest BCUT2D eigenvalue weighted by molar-refractivity contribution is 6.32. The molecular weight excluding hydrogens is 382 g/mol. The summed E-state index contributed by atoms with van der Waals surface area (Å²) in [5.41, 5.74) is 1.15. The zero-order chi connectivity index (χ0) is 20.5. The molecule has 2 aromatic rings. The van der Waals surface area contributed by atoms with Gasteiger partial charge in [0.25, 0.3) is 0 Å². The van der Waals surface area contributed by atoms with Crippen LogP contribution in [0, 0.1) is 0 Å². The van der Waals surface area contributed by atoms with Gasteiger partial charge in [0.2, 0.25) is 5.91 Å². The summed E-state index contributed by atoms with van der Waals surface area (Å²) in [7, 11) is 1.47. The first-order chi connectivity index (χ1) is 13.4. The molecule has 0 aliphatic carbocycles. The molecule has 146 valence electrons. The Kier molecular flexibility index (Phi) is 7.77. The van der Waals surface area contributed by atoms with Crippen molar-refractivity contribution < 1.29 is 23.9 Å². The number of hydrogen-bond donors (Lipinski definition) is 1. The van der Waals surface area contributed by atoms with Crippen LogP contribution in [0.15, 0.2) is 54.6 Å². The fourth-order valence-corrected chi connectivity index (χ4v) is 2.50. The van der Waals surface area contributed by atoms with Crippen LogP contribution in [0.5, 0.6) is 5.75 Å². The monoisotopic (exact) mass is 401 g/mol. The minimum absolute atomic E-state index is 0.283. The minimum Gasteiger partial charge on any atom is -0.495 e. The average molecular weight is 402 g/mol. The van der Waals surface area contributed by atoms with Crippen LogP contribution in [0.25, 0.3) is 6.08 Å². The van der Waals surface area contributed by atoms with Crippen molar-refractivity contribution in [3.63, 3.8) is 0 Å². The highest BCUT2D eigenvalue weighted by Gasteiger charge is 2.18. The molecule has 28 heavy (non-hydrogen) atoms. The zero-order valence-corrected chi connectivity index (χ0v) is 16.2. The van der Waals surface area contributed by atoms with Gasteiger partial charge < -0.3 is 14.8 Å². The van der Waals surface area contributed by atoms with Crippen molar-refractivity contribution in [1.82, 2.24) is 5.32 Å². The summed E-state index contributed by atoms with van der Waals surface area (Å²) in [6.45, 7) is 1.02. The molecule has 2 rings (SSSR count). The summed E-state index contributed by atoms with van der Waals surface area (Å²) < 4.78 is 10.00. The van der Waals surface area contributed by atoms with E-state index in [0.717, 1.165) is 5.56 Å². The summed E-state index contributed by atoms with van der Waals surface area (Å²) in [6, 6.07) is 12.9. The summed E-state index contributed by atoms with van der Waals surface area (Å²) in [5.74, 6) is -1.13. The minimum atomic E-state index is -0.903. The van der Waals surface area contributed by atoms with Crippen molar-refractivity contribution in [2.75, 3.05) is 13.7 Å². The lowest BCUT2D eigenvalue weighted by atomic mass is 10.1. The topological polar surface area (TPSA) is 81.7 Å². The Hall–Kier alpha value is -3.12. The van der Waals surface area contributed by atoms with Gasteiger partial charge in [-0.15, -0.1) is 0 Å². The number of ketones is 1. The van der Waals surface area contributed by atoms with E-state index in [0.29, 0.717) is 11.3 Å². The van der Waals surface area contributed by atoms with Gasteiger partial charge in [-0.1, -0.05) is 41.9 Å². The summed E-state index contributed by atoms with van der Waals surface area (Å²) in [5, 5.41) is 2.77. The number of ether oxygens (including phenoxy) is 2. The number of carbonyl (C=O) groups is 3. The smallest absolute Gasteiger partial charge is 0.328 e. The first kappa shape index (κ1) is 21.2. The summed E-state index contributed by atoms with van der Waals surface area (Å²) >= 11 is 5.98. The third-order valence-corrected chi connectivity index (χ3v) is 4.05. The molecule has 1 amide bonds. The van der Waals surface area contributed by atoms with Crippen LogP contribution in [0.1, 0.15) is 22.8 Å². The van der Waals surface area contributed by atoms with E-state index < -0.39 is 30.3 Å². The van der Waals surface area contributed by atoms with Crippen LogP contribution in [0.3, 0.4) is 0 Å². The Morgan fingerprint density at radius 2 is 1.86 bits per heavy atom. The predicted octanol–water partition coefficient (Wildman–Crippen LogP) is 3.29. The predicted molar refractivity (Wildman–Crippen MR) is 106 cm³/mol. The maximum atomic E-state index is 12.1. The first-order valence-electron chi connectivity index (χ1n) is 8.47. The van der Waals surface area contributed by atoms with Gasteiger partial charge in [-0.05, 0) is 36.8 Å². The van der Waals surface area contributed by atoms with E-state index in [4.69, 9.17) is 21.1 Å². The third-order valence-electron chi connectivity index (χ3n) is 3.76. The lowest BCUT2D eigenvalue weighted by molar-refractivity contribution is -0.145. The lowest BCUT2D eigenvalue weighted by Crippen LogP contribution is -2.39. The molecule has 0 unspecified atom stereocenters. The fourth-order valence-electron chi connectivity index (χ4n) is 2.24. The largest absolute Gasteiger partial charge is 0.495 e. The summed E-state index contributed by atoms with van der Waals surface area (Å²) in [4.78, 5) is 36.0. The fraction of sp³-hybridized carbons (Fsp3) is 0.190. The van der Waals surface area contributed by atoms with Crippen molar-refractivity contribution in [1.29, 1.82) is 0 Å². The molecule has 2 aromatic carbocycles. The Balaban J connectivity index is 1.83. The number of methoxy groups -OCH3 is 1. The number of rotatable bonds is 8. The van der Waals surface area contributed by atoms with Crippen LogP contribution in [0.2, 0.25) is 5.02 Å². The zero-order valence-electron chi connectivity index (χ0n) is 15.5. The molecule has 0 fully saturated rings. The molecule has 0 heterocycles. The molecular formula is C21H20ClNO5. The number of esters is 1. The first-order valence-corrected chi connectivity index (χ1v) is 8.85. The van der Waals surface area contributed by atoms with E-state index in [1.165, 1.54) is 32.2 Å². The average Bonchev–Trinajstić information content (AvgIpc) is 2.70. The van der Waals surface area contributed by atoms with Gasteiger partial charge in [0, 0.05) is 11.6 Å². The maximum Gasteiger partial charge on any atom is 0.328 e. The normalized spacial score (nSPS) is 11.7. The van der Waals surface area contributed by atoms with Crippen molar-refractivity contribution in [3.05, 3.63) is 70.8 Å². The molecule has 7 heteroatoms. The number of amides is 1. The van der Waals surface area contributed by atoms with Crippen molar-refractivity contribution in [2.24, 2.45) is 0 Å². The molecule has 0 bridgehead atoms. The Morgan fingerprint density at radius 1 is 1.14 bits per heavy atom. The highest BCUT2D eigenvalue weighted by Crippen LogP contribution is 2.25. The second-order valence-corrected chi connectivity index (χ2v) is 6.26. The van der Waals surface area contributed by atoms with Crippen molar-refractivity contribution >= 4 is 35.3 Å². The SMILES string of the molecule is COc1ccc(C(=O)COC(=O)[C@H](C)NC(=O)/C=C/c2ccccc2)cc1Cl. The molecule has 1 atom stereocenters. The Bertz CT molecular complexity index is 880. The highest BCUT2D eigenvalue weighted by atomic mass is 35.5. The number of nitrogens with one attached hydrogen (secondary N) is 1. The summed E-state index contributed by atoms with van der Waals surface area (Å²) in [6.07, 6.45) is 2.95. The second-order valence-electron chi connectivity index (χ2n) is 5.85. The van der Waals surface area contributed by atoms with Crippen LogP contribution in [0.4, 0.5) is 0 Å². The lowest BCUT2D eigenvalue weighted by Gasteiger charge is -2.12. The van der Waals surface area contributed by atoms with E-state index in [-0.39, 0.29) is 5.02 Å². The van der Waals surface area contributed by atoms with Gasteiger partial charge in [0.15, 0.2) is 12.4 Å². The Labute approximate surface area is 168 Å². The molecule has 0 aromatic heterocycles. The van der Waals surface area contributed by atoms with Crippen LogP contribution < -0.4 is 10.1 Å². The van der Waals surface area contributed by atoms with Crippen LogP contribution in [-0.4, -0.2) is 37.4 Å². The molecule has 0 aliphatic rings. The van der Waals surface area contributed by atoms with Gasteiger partial charge in [0.05, 0.1) is 12.1 Å². The van der Waals surface area contributed by atoms with Gasteiger partial charge in [0.1, 0.15) is 11.8 Å². The van der Waals surface area contributed by atoms with Gasteiger partial charge in [-0.2, -0.15) is 0 Å². The van der Waals surface area contributed by atoms with E-state index in [1.54, 1.807) is 12.1 Å². The van der Waals surface area contributed by atoms with Crippen molar-refractivity contribution in [2.45, 2.75) is 13.0 Å². The van der Waals surface area contributed by atoms with E-state index >= 15 is 0 Å². The van der Waals surface area contributed by atoms with Crippen molar-refractivity contribution in [3.8, 4) is 5.75 Å². The van der Waals surface area contributed by atoms with Gasteiger partial charge >= 0.3 is 5.97 Å². The number of carbonyl (C=O) groups excluding carboxylic acids is 3. The number of halogens is 1. The molecule has 0 aliphatic heterocycles. The molecule has 0 saturated carbocycles. The number of Topliss-reactive ketones (excluding diaryl/α,β-unsaturated/α-hetero) is 1. The van der Waals surface area contributed by atoms with E-state index in [9.17, 15) is 14.4 Å². The maximum absolute atomic E-state index is 12.1. The Morgan fingerprint density at radius 3 is 2.50 bits per heavy atom. The molecule has 0 radical (unpaired) electrons. The van der Waals surface area contributed by atoms with Gasteiger partial charge in [-0.3, -0.25) is 9.59 Å². The third kappa shape index (κ3) is 6.25. The van der Waals surface area contributed by atoms with E-state index in [2.05, 4.69) is 5.32 Å². The number of hydrogen-bond acceptors (Lipinski definition) is 5. The van der Waals surface area contributed by atoms with Gasteiger partial charge in [-0.25, -0.2) is 4.79 Å². The van der Waals surface area contributed by atoms with Crippen LogP contribution >= 0.6 is 11.6 Å². The molecule has 0 saturated heterocycles. The van der Waals surface area contributed by atoms with E-state index in [1.807, 2.05) is 30.3 Å². The quantitative estimate of drug-likeness (QED) is 0.417. The second kappa shape index (κ2) is 10.3. The molecule has 0 spiro atoms. The molecule has 1 N–H and O–H groups in total. The molecule has 6 nitrogen and oxygen atoms in total. The number of benzene rings is 2. The van der Waals surface area contributed by atoms with Crippen LogP contribution in [-0.2, 0) is 14.3 Å². The standard InChI is InChI=1S/C21H20ClNO5/c1-14(23-20(25)11-8-15-6-4-3-5-7-15)21(26)28-13-18(24)16-9-10-19(27-2)17(22)12-16/h3-12,14H,13H2,1-2H3,(H,23,25)/b11-8+/t14-/m0/s1.